The number of thiocarbonyl (C=S) groups is 1. The zero-order chi connectivity index (χ0) is 15.8. The number of nitrogens with one attached hydrogen (secondary N) is 2. The van der Waals surface area contributed by atoms with Crippen molar-refractivity contribution >= 4 is 45.8 Å². The highest BCUT2D eigenvalue weighted by Crippen LogP contribution is 2.13. The van der Waals surface area contributed by atoms with Crippen LogP contribution in [0.3, 0.4) is 0 Å². The van der Waals surface area contributed by atoms with Gasteiger partial charge in [-0.05, 0) is 42.9 Å². The molecule has 7 heteroatoms. The smallest absolute Gasteiger partial charge is 0.250 e. The lowest BCUT2D eigenvalue weighted by atomic mass is 10.2. The number of aromatic nitrogens is 1. The Balaban J connectivity index is 1.84. The van der Waals surface area contributed by atoms with Gasteiger partial charge in [0.2, 0.25) is 5.91 Å². The third kappa shape index (κ3) is 5.27. The fourth-order valence-corrected chi connectivity index (χ4v) is 2.38. The van der Waals surface area contributed by atoms with Gasteiger partial charge in [-0.3, -0.25) is 10.1 Å². The molecule has 0 saturated carbocycles. The highest BCUT2D eigenvalue weighted by molar-refractivity contribution is 7.80. The van der Waals surface area contributed by atoms with Gasteiger partial charge < -0.3 is 10.1 Å². The Kier molecular flexibility index (Phi) is 6.05. The standard InChI is InChI=1S/C15H15N3O2S2/c1-2-20-12-6-3-11(4-7-12)5-8-13(19)17-14(21)18-15-16-9-10-22-15/h3-10H,2H2,1H3,(H2,16,17,18,19,21)/b8-5+. The summed E-state index contributed by atoms with van der Waals surface area (Å²) >= 11 is 6.43. The van der Waals surface area contributed by atoms with Gasteiger partial charge in [0.25, 0.3) is 0 Å². The maximum Gasteiger partial charge on any atom is 0.250 e. The molecule has 0 radical (unpaired) electrons. The van der Waals surface area contributed by atoms with E-state index in [2.05, 4.69) is 15.6 Å². The Morgan fingerprint density at radius 2 is 2.18 bits per heavy atom. The summed E-state index contributed by atoms with van der Waals surface area (Å²) in [5.41, 5.74) is 0.900. The van der Waals surface area contributed by atoms with E-state index < -0.39 is 0 Å². The molecule has 0 fully saturated rings. The molecule has 0 aliphatic heterocycles. The Labute approximate surface area is 138 Å². The number of nitrogens with zero attached hydrogens (tertiary/aromatic N) is 1. The van der Waals surface area contributed by atoms with Crippen molar-refractivity contribution < 1.29 is 9.53 Å². The number of benzene rings is 1. The molecule has 0 aliphatic rings. The molecular formula is C15H15N3O2S2. The molecule has 0 spiro atoms. The minimum Gasteiger partial charge on any atom is -0.494 e. The number of ether oxygens (including phenoxy) is 1. The van der Waals surface area contributed by atoms with Crippen LogP contribution in [0, 0.1) is 0 Å². The van der Waals surface area contributed by atoms with Gasteiger partial charge in [0.15, 0.2) is 10.2 Å². The number of hydrogen-bond donors (Lipinski definition) is 2. The van der Waals surface area contributed by atoms with Crippen LogP contribution < -0.4 is 15.4 Å². The number of anilines is 1. The normalized spacial score (nSPS) is 10.4. The lowest BCUT2D eigenvalue weighted by Crippen LogP contribution is -2.32. The molecule has 0 atom stereocenters. The Hall–Kier alpha value is -2.25. The van der Waals surface area contributed by atoms with Crippen molar-refractivity contribution in [1.29, 1.82) is 0 Å². The van der Waals surface area contributed by atoms with Gasteiger partial charge in [-0.1, -0.05) is 12.1 Å². The van der Waals surface area contributed by atoms with Gasteiger partial charge in [-0.15, -0.1) is 11.3 Å². The maximum absolute atomic E-state index is 11.8. The number of thiazole rings is 1. The SMILES string of the molecule is CCOc1ccc(/C=C/C(=O)NC(=S)Nc2nccs2)cc1. The van der Waals surface area contributed by atoms with Crippen molar-refractivity contribution in [3.05, 3.63) is 47.5 Å². The largest absolute Gasteiger partial charge is 0.494 e. The molecule has 1 aromatic heterocycles. The molecule has 2 rings (SSSR count). The van der Waals surface area contributed by atoms with E-state index in [0.717, 1.165) is 11.3 Å². The summed E-state index contributed by atoms with van der Waals surface area (Å²) in [7, 11) is 0. The molecule has 1 aromatic carbocycles. The van der Waals surface area contributed by atoms with E-state index in [0.29, 0.717) is 11.7 Å². The van der Waals surface area contributed by atoms with Crippen LogP contribution in [0.5, 0.6) is 5.75 Å². The van der Waals surface area contributed by atoms with E-state index in [4.69, 9.17) is 17.0 Å². The number of rotatable bonds is 5. The number of amides is 1. The van der Waals surface area contributed by atoms with E-state index in [-0.39, 0.29) is 11.0 Å². The molecule has 0 aliphatic carbocycles. The lowest BCUT2D eigenvalue weighted by molar-refractivity contribution is -0.115. The lowest BCUT2D eigenvalue weighted by Gasteiger charge is -2.04. The molecular weight excluding hydrogens is 318 g/mol. The fourth-order valence-electron chi connectivity index (χ4n) is 1.58. The summed E-state index contributed by atoms with van der Waals surface area (Å²) in [4.78, 5) is 15.8. The topological polar surface area (TPSA) is 63.2 Å². The fraction of sp³-hybridized carbons (Fsp3) is 0.133. The first kappa shape index (κ1) is 16.1. The Morgan fingerprint density at radius 1 is 1.41 bits per heavy atom. The Bertz CT molecular complexity index is 652. The van der Waals surface area contributed by atoms with Crippen molar-refractivity contribution in [1.82, 2.24) is 10.3 Å². The van der Waals surface area contributed by atoms with Gasteiger partial charge in [-0.25, -0.2) is 4.98 Å². The second-order valence-electron chi connectivity index (χ2n) is 4.12. The third-order valence-electron chi connectivity index (χ3n) is 2.51. The summed E-state index contributed by atoms with van der Waals surface area (Å²) < 4.78 is 5.36. The molecule has 2 aromatic rings. The molecule has 2 N–H and O–H groups in total. The van der Waals surface area contributed by atoms with E-state index in [1.807, 2.05) is 36.6 Å². The zero-order valence-electron chi connectivity index (χ0n) is 11.9. The molecule has 0 unspecified atom stereocenters. The first-order chi connectivity index (χ1) is 10.7. The van der Waals surface area contributed by atoms with E-state index in [1.54, 1.807) is 12.3 Å². The number of hydrogen-bond acceptors (Lipinski definition) is 5. The number of carbonyl (C=O) groups is 1. The van der Waals surface area contributed by atoms with Crippen molar-refractivity contribution in [2.45, 2.75) is 6.92 Å². The van der Waals surface area contributed by atoms with Crippen molar-refractivity contribution in [3.8, 4) is 5.75 Å². The molecule has 1 amide bonds. The molecule has 5 nitrogen and oxygen atoms in total. The Morgan fingerprint density at radius 3 is 2.82 bits per heavy atom. The monoisotopic (exact) mass is 333 g/mol. The first-order valence-electron chi connectivity index (χ1n) is 6.60. The van der Waals surface area contributed by atoms with Gasteiger partial charge in [0.1, 0.15) is 5.75 Å². The second kappa shape index (κ2) is 8.26. The average Bonchev–Trinajstić information content (AvgIpc) is 2.99. The van der Waals surface area contributed by atoms with Crippen LogP contribution in [-0.2, 0) is 4.79 Å². The summed E-state index contributed by atoms with van der Waals surface area (Å²) in [6, 6.07) is 7.47. The quantitative estimate of drug-likeness (QED) is 0.650. The van der Waals surface area contributed by atoms with E-state index in [9.17, 15) is 4.79 Å². The van der Waals surface area contributed by atoms with Crippen LogP contribution in [0.15, 0.2) is 41.9 Å². The summed E-state index contributed by atoms with van der Waals surface area (Å²) in [5, 5.41) is 8.06. The van der Waals surface area contributed by atoms with E-state index in [1.165, 1.54) is 17.4 Å². The summed E-state index contributed by atoms with van der Waals surface area (Å²) in [6.07, 6.45) is 4.78. The highest BCUT2D eigenvalue weighted by atomic mass is 32.1. The van der Waals surface area contributed by atoms with Crippen LogP contribution >= 0.6 is 23.6 Å². The molecule has 22 heavy (non-hydrogen) atoms. The molecule has 0 bridgehead atoms. The van der Waals surface area contributed by atoms with Gasteiger partial charge >= 0.3 is 0 Å². The van der Waals surface area contributed by atoms with E-state index >= 15 is 0 Å². The van der Waals surface area contributed by atoms with Crippen LogP contribution in [0.2, 0.25) is 0 Å². The average molecular weight is 333 g/mol. The van der Waals surface area contributed by atoms with Gasteiger partial charge in [-0.2, -0.15) is 0 Å². The van der Waals surface area contributed by atoms with Crippen molar-refractivity contribution in [3.63, 3.8) is 0 Å². The van der Waals surface area contributed by atoms with Crippen molar-refractivity contribution in [2.75, 3.05) is 11.9 Å². The van der Waals surface area contributed by atoms with Crippen LogP contribution in [-0.4, -0.2) is 22.6 Å². The van der Waals surface area contributed by atoms with Crippen molar-refractivity contribution in [2.24, 2.45) is 0 Å². The summed E-state index contributed by atoms with van der Waals surface area (Å²) in [6.45, 7) is 2.56. The first-order valence-corrected chi connectivity index (χ1v) is 7.88. The zero-order valence-corrected chi connectivity index (χ0v) is 13.5. The van der Waals surface area contributed by atoms with Gasteiger partial charge in [0, 0.05) is 17.7 Å². The third-order valence-corrected chi connectivity index (χ3v) is 3.40. The van der Waals surface area contributed by atoms with Crippen LogP contribution in [0.25, 0.3) is 6.08 Å². The minimum absolute atomic E-state index is 0.219. The molecule has 1 heterocycles. The predicted molar refractivity (Wildman–Crippen MR) is 93.1 cm³/mol. The van der Waals surface area contributed by atoms with Crippen LogP contribution in [0.1, 0.15) is 12.5 Å². The second-order valence-corrected chi connectivity index (χ2v) is 5.42. The predicted octanol–water partition coefficient (Wildman–Crippen LogP) is 3.07. The van der Waals surface area contributed by atoms with Gasteiger partial charge in [0.05, 0.1) is 6.61 Å². The molecule has 0 saturated heterocycles. The molecule has 114 valence electrons. The minimum atomic E-state index is -0.303. The maximum atomic E-state index is 11.8. The van der Waals surface area contributed by atoms with Crippen LogP contribution in [0.4, 0.5) is 5.13 Å². The highest BCUT2D eigenvalue weighted by Gasteiger charge is 2.02. The summed E-state index contributed by atoms with van der Waals surface area (Å²) in [5.74, 6) is 0.501. The number of carbonyl (C=O) groups excluding carboxylic acids is 1.